The molecule has 0 bridgehead atoms. The van der Waals surface area contributed by atoms with Crippen LogP contribution in [0.25, 0.3) is 0 Å². The molecule has 0 saturated carbocycles. The maximum absolute atomic E-state index is 12.5. The van der Waals surface area contributed by atoms with E-state index in [1.807, 2.05) is 46.0 Å². The molecular weight excluding hydrogens is 350 g/mol. The Kier molecular flexibility index (Phi) is 7.76. The summed E-state index contributed by atoms with van der Waals surface area (Å²) in [5.74, 6) is -0.343. The number of anilines is 1. The van der Waals surface area contributed by atoms with E-state index in [1.54, 1.807) is 0 Å². The minimum Gasteiger partial charge on any atom is -0.342 e. The Bertz CT molecular complexity index is 795. The zero-order chi connectivity index (χ0) is 20.7. The molecule has 0 aliphatic heterocycles. The molecule has 150 valence electrons. The maximum atomic E-state index is 12.5. The van der Waals surface area contributed by atoms with E-state index >= 15 is 0 Å². The Morgan fingerprint density at radius 2 is 1.57 bits per heavy atom. The Hall–Kier alpha value is -2.66. The lowest BCUT2D eigenvalue weighted by atomic mass is 10.1. The zero-order valence-corrected chi connectivity index (χ0v) is 17.6. The third-order valence-electron chi connectivity index (χ3n) is 5.22. The van der Waals surface area contributed by atoms with Gasteiger partial charge in [-0.15, -0.1) is 0 Å². The van der Waals surface area contributed by atoms with E-state index in [0.29, 0.717) is 0 Å². The fraction of sp³-hybridized carbons (Fsp3) is 0.391. The number of rotatable bonds is 8. The van der Waals surface area contributed by atoms with Crippen molar-refractivity contribution in [2.45, 2.75) is 46.7 Å². The van der Waals surface area contributed by atoms with Crippen LogP contribution in [0.3, 0.4) is 0 Å². The number of hydrogen-bond acceptors (Lipinski definition) is 2. The Labute approximate surface area is 168 Å². The number of aryl methyl sites for hydroxylation is 3. The molecule has 0 aromatic heterocycles. The van der Waals surface area contributed by atoms with Gasteiger partial charge < -0.3 is 15.5 Å². The first-order valence-corrected chi connectivity index (χ1v) is 9.85. The summed E-state index contributed by atoms with van der Waals surface area (Å²) in [7, 11) is 1.99. The summed E-state index contributed by atoms with van der Waals surface area (Å²) in [6.07, 6.45) is 1.02. The normalized spacial score (nSPS) is 12.9. The SMILES string of the molecule is CCc1ccc(C[NH+](C)[C@@H](C)C(=O)NCC(=O)Nc2c(C)cccc2C)cc1. The molecule has 2 amide bonds. The minimum atomic E-state index is -0.251. The molecule has 0 heterocycles. The van der Waals surface area contributed by atoms with E-state index < -0.39 is 0 Å². The molecule has 2 aromatic carbocycles. The van der Waals surface area contributed by atoms with E-state index in [2.05, 4.69) is 41.8 Å². The summed E-state index contributed by atoms with van der Waals surface area (Å²) < 4.78 is 0. The molecule has 0 aliphatic rings. The second-order valence-electron chi connectivity index (χ2n) is 7.45. The third kappa shape index (κ3) is 5.92. The molecule has 2 atom stereocenters. The van der Waals surface area contributed by atoms with Crippen molar-refractivity contribution in [3.8, 4) is 0 Å². The lowest BCUT2D eigenvalue weighted by Crippen LogP contribution is -3.12. The molecule has 0 radical (unpaired) electrons. The van der Waals surface area contributed by atoms with Crippen LogP contribution < -0.4 is 15.5 Å². The van der Waals surface area contributed by atoms with Crippen LogP contribution in [0.2, 0.25) is 0 Å². The predicted octanol–water partition coefficient (Wildman–Crippen LogP) is 2.02. The maximum Gasteiger partial charge on any atom is 0.278 e. The topological polar surface area (TPSA) is 62.6 Å². The van der Waals surface area contributed by atoms with Gasteiger partial charge in [-0.3, -0.25) is 9.59 Å². The number of likely N-dealkylation sites (N-methyl/N-ethyl adjacent to an activating group) is 1. The quantitative estimate of drug-likeness (QED) is 0.654. The fourth-order valence-corrected chi connectivity index (χ4v) is 3.11. The smallest absolute Gasteiger partial charge is 0.278 e. The van der Waals surface area contributed by atoms with E-state index in [-0.39, 0.29) is 24.4 Å². The molecule has 0 fully saturated rings. The van der Waals surface area contributed by atoms with Crippen LogP contribution in [0, 0.1) is 13.8 Å². The summed E-state index contributed by atoms with van der Waals surface area (Å²) in [6, 6.07) is 14.1. The first-order valence-electron chi connectivity index (χ1n) is 9.85. The van der Waals surface area contributed by atoms with E-state index in [4.69, 9.17) is 0 Å². The molecule has 3 N–H and O–H groups in total. The van der Waals surface area contributed by atoms with Crippen LogP contribution >= 0.6 is 0 Å². The van der Waals surface area contributed by atoms with Gasteiger partial charge in [-0.25, -0.2) is 0 Å². The van der Waals surface area contributed by atoms with Crippen molar-refractivity contribution in [3.05, 3.63) is 64.7 Å². The van der Waals surface area contributed by atoms with Gasteiger partial charge >= 0.3 is 0 Å². The van der Waals surface area contributed by atoms with Gasteiger partial charge in [0.25, 0.3) is 5.91 Å². The number of amides is 2. The molecule has 5 heteroatoms. The van der Waals surface area contributed by atoms with Crippen molar-refractivity contribution in [1.82, 2.24) is 5.32 Å². The standard InChI is InChI=1S/C23H31N3O2/c1-6-19-10-12-20(13-11-19)15-26(5)18(4)23(28)24-14-21(27)25-22-16(2)8-7-9-17(22)3/h7-13,18H,6,14-15H2,1-5H3,(H,24,28)(H,25,27)/p+1/t18-/m0/s1. The van der Waals surface area contributed by atoms with Crippen LogP contribution in [0.4, 0.5) is 5.69 Å². The highest BCUT2D eigenvalue weighted by molar-refractivity contribution is 5.96. The second-order valence-corrected chi connectivity index (χ2v) is 7.45. The van der Waals surface area contributed by atoms with Crippen LogP contribution in [0.1, 0.15) is 36.1 Å². The number of quaternary nitrogens is 1. The van der Waals surface area contributed by atoms with E-state index in [1.165, 1.54) is 11.1 Å². The van der Waals surface area contributed by atoms with Gasteiger partial charge in [0.05, 0.1) is 13.6 Å². The van der Waals surface area contributed by atoms with Crippen molar-refractivity contribution in [2.75, 3.05) is 18.9 Å². The Balaban J connectivity index is 1.84. The Morgan fingerprint density at radius 3 is 2.14 bits per heavy atom. The number of benzene rings is 2. The van der Waals surface area contributed by atoms with Gasteiger partial charge in [-0.2, -0.15) is 0 Å². The van der Waals surface area contributed by atoms with Crippen molar-refractivity contribution in [1.29, 1.82) is 0 Å². The van der Waals surface area contributed by atoms with Crippen molar-refractivity contribution >= 4 is 17.5 Å². The zero-order valence-electron chi connectivity index (χ0n) is 17.6. The molecule has 2 aromatic rings. The van der Waals surface area contributed by atoms with Gasteiger partial charge in [0.2, 0.25) is 5.91 Å². The number of para-hydroxylation sites is 1. The van der Waals surface area contributed by atoms with Crippen LogP contribution in [-0.4, -0.2) is 31.4 Å². The fourth-order valence-electron chi connectivity index (χ4n) is 3.11. The highest BCUT2D eigenvalue weighted by Crippen LogP contribution is 2.18. The average molecular weight is 383 g/mol. The first kappa shape index (κ1) is 21.6. The molecular formula is C23H32N3O2+. The molecule has 28 heavy (non-hydrogen) atoms. The average Bonchev–Trinajstić information content (AvgIpc) is 2.69. The number of hydrogen-bond donors (Lipinski definition) is 3. The van der Waals surface area contributed by atoms with Crippen molar-refractivity contribution in [3.63, 3.8) is 0 Å². The molecule has 0 aliphatic carbocycles. The van der Waals surface area contributed by atoms with Gasteiger partial charge in [0.15, 0.2) is 6.04 Å². The van der Waals surface area contributed by atoms with E-state index in [9.17, 15) is 9.59 Å². The van der Waals surface area contributed by atoms with Gasteiger partial charge in [-0.1, -0.05) is 49.4 Å². The van der Waals surface area contributed by atoms with Gasteiger partial charge in [0, 0.05) is 11.3 Å². The van der Waals surface area contributed by atoms with Crippen LogP contribution in [-0.2, 0) is 22.6 Å². The minimum absolute atomic E-state index is 0.0323. The van der Waals surface area contributed by atoms with Crippen LogP contribution in [0.5, 0.6) is 0 Å². The summed E-state index contributed by atoms with van der Waals surface area (Å²) in [4.78, 5) is 25.8. The first-order chi connectivity index (χ1) is 13.3. The summed E-state index contributed by atoms with van der Waals surface area (Å²) in [6.45, 7) is 8.65. The summed E-state index contributed by atoms with van der Waals surface area (Å²) in [5, 5.41) is 5.65. The highest BCUT2D eigenvalue weighted by Gasteiger charge is 2.22. The largest absolute Gasteiger partial charge is 0.342 e. The molecule has 2 rings (SSSR count). The Morgan fingerprint density at radius 1 is 1.00 bits per heavy atom. The lowest BCUT2D eigenvalue weighted by molar-refractivity contribution is -0.908. The van der Waals surface area contributed by atoms with Crippen LogP contribution in [0.15, 0.2) is 42.5 Å². The van der Waals surface area contributed by atoms with Crippen molar-refractivity contribution in [2.24, 2.45) is 0 Å². The monoisotopic (exact) mass is 382 g/mol. The second kappa shape index (κ2) is 10.0. The van der Waals surface area contributed by atoms with Crippen molar-refractivity contribution < 1.29 is 14.5 Å². The number of carbonyl (C=O) groups excluding carboxylic acids is 2. The van der Waals surface area contributed by atoms with Gasteiger partial charge in [-0.05, 0) is 43.9 Å². The summed E-state index contributed by atoms with van der Waals surface area (Å²) >= 11 is 0. The predicted molar refractivity (Wildman–Crippen MR) is 113 cm³/mol. The third-order valence-corrected chi connectivity index (χ3v) is 5.22. The molecule has 1 unspecified atom stereocenters. The summed E-state index contributed by atoms with van der Waals surface area (Å²) in [5.41, 5.74) is 5.33. The molecule has 0 spiro atoms. The molecule has 5 nitrogen and oxygen atoms in total. The molecule has 0 saturated heterocycles. The number of carbonyl (C=O) groups is 2. The lowest BCUT2D eigenvalue weighted by Gasteiger charge is -2.21. The van der Waals surface area contributed by atoms with E-state index in [0.717, 1.165) is 34.7 Å². The van der Waals surface area contributed by atoms with Gasteiger partial charge in [0.1, 0.15) is 6.54 Å². The number of nitrogens with one attached hydrogen (secondary N) is 3. The highest BCUT2D eigenvalue weighted by atomic mass is 16.2.